The van der Waals surface area contributed by atoms with Crippen LogP contribution >= 0.6 is 0 Å². The Morgan fingerprint density at radius 2 is 1.78 bits per heavy atom. The molecular formula is C24H28N4O4. The Morgan fingerprint density at radius 1 is 1.09 bits per heavy atom. The second kappa shape index (κ2) is 9.74. The minimum atomic E-state index is -0.522. The van der Waals surface area contributed by atoms with Crippen molar-refractivity contribution in [3.05, 3.63) is 53.6 Å². The van der Waals surface area contributed by atoms with Crippen LogP contribution in [0.1, 0.15) is 35.2 Å². The zero-order valence-corrected chi connectivity index (χ0v) is 19.0. The molecule has 32 heavy (non-hydrogen) atoms. The molecule has 1 aliphatic heterocycles. The number of methoxy groups -OCH3 is 1. The summed E-state index contributed by atoms with van der Waals surface area (Å²) in [6, 6.07) is 12.4. The molecule has 1 N–H and O–H groups in total. The van der Waals surface area contributed by atoms with Crippen molar-refractivity contribution in [1.82, 2.24) is 4.90 Å². The summed E-state index contributed by atoms with van der Waals surface area (Å²) < 4.78 is 4.76. The Morgan fingerprint density at radius 3 is 2.38 bits per heavy atom. The number of amides is 2. The zero-order chi connectivity index (χ0) is 23.4. The number of benzene rings is 2. The van der Waals surface area contributed by atoms with Gasteiger partial charge in [0.15, 0.2) is 0 Å². The number of rotatable bonds is 7. The standard InChI is InChI=1S/C24H28N4O4/c1-6-19(22-18-12-7-15(24(31)32-5)13-20(18)26-23(22)30)25-16-8-10-17(11-9-16)28(4)21(29)14-27(2)3/h7-13,22H,6,14H2,1-5H3,(H,26,30). The first-order valence-electron chi connectivity index (χ1n) is 10.4. The van der Waals surface area contributed by atoms with Crippen molar-refractivity contribution in [3.63, 3.8) is 0 Å². The van der Waals surface area contributed by atoms with Crippen LogP contribution in [0.3, 0.4) is 0 Å². The topological polar surface area (TPSA) is 91.3 Å². The summed E-state index contributed by atoms with van der Waals surface area (Å²) in [6.45, 7) is 2.28. The number of carbonyl (C=O) groups is 3. The van der Waals surface area contributed by atoms with Crippen LogP contribution in [0.2, 0.25) is 0 Å². The van der Waals surface area contributed by atoms with Crippen molar-refractivity contribution in [2.75, 3.05) is 45.0 Å². The van der Waals surface area contributed by atoms with Crippen LogP contribution < -0.4 is 10.2 Å². The molecule has 0 aromatic heterocycles. The molecule has 1 unspecified atom stereocenters. The second-order valence-electron chi connectivity index (χ2n) is 7.88. The SMILES string of the molecule is CCC(=Nc1ccc(N(C)C(=O)CN(C)C)cc1)C1C(=O)Nc2cc(C(=O)OC)ccc21. The number of fused-ring (bicyclic) bond motifs is 1. The highest BCUT2D eigenvalue weighted by molar-refractivity contribution is 6.19. The lowest BCUT2D eigenvalue weighted by Gasteiger charge is -2.19. The van der Waals surface area contributed by atoms with E-state index in [1.807, 2.05) is 50.2 Å². The van der Waals surface area contributed by atoms with Crippen LogP contribution in [0.4, 0.5) is 17.1 Å². The molecule has 2 aromatic rings. The predicted molar refractivity (Wildman–Crippen MR) is 125 cm³/mol. The number of nitrogens with zero attached hydrogens (tertiary/aromatic N) is 3. The highest BCUT2D eigenvalue weighted by atomic mass is 16.5. The summed E-state index contributed by atoms with van der Waals surface area (Å²) >= 11 is 0. The van der Waals surface area contributed by atoms with E-state index in [-0.39, 0.29) is 11.8 Å². The highest BCUT2D eigenvalue weighted by Gasteiger charge is 2.34. The highest BCUT2D eigenvalue weighted by Crippen LogP contribution is 2.36. The summed E-state index contributed by atoms with van der Waals surface area (Å²) in [5, 5.41) is 2.84. The van der Waals surface area contributed by atoms with Crippen molar-refractivity contribution in [2.24, 2.45) is 4.99 Å². The first-order chi connectivity index (χ1) is 15.2. The fraction of sp³-hybridized carbons (Fsp3) is 0.333. The Balaban J connectivity index is 1.85. The van der Waals surface area contributed by atoms with Crippen molar-refractivity contribution >= 4 is 40.6 Å². The molecule has 1 heterocycles. The van der Waals surface area contributed by atoms with Gasteiger partial charge < -0.3 is 19.9 Å². The molecule has 8 heteroatoms. The number of nitrogens with one attached hydrogen (secondary N) is 1. The number of hydrogen-bond donors (Lipinski definition) is 1. The third-order valence-electron chi connectivity index (χ3n) is 5.34. The molecule has 0 bridgehead atoms. The van der Waals surface area contributed by atoms with Gasteiger partial charge in [-0.3, -0.25) is 14.6 Å². The fourth-order valence-corrected chi connectivity index (χ4v) is 3.62. The van der Waals surface area contributed by atoms with E-state index in [4.69, 9.17) is 9.73 Å². The van der Waals surface area contributed by atoms with Gasteiger partial charge in [-0.1, -0.05) is 13.0 Å². The minimum absolute atomic E-state index is 0.00828. The Labute approximate surface area is 187 Å². The van der Waals surface area contributed by atoms with Crippen LogP contribution in [0, 0.1) is 0 Å². The number of hydrogen-bond acceptors (Lipinski definition) is 6. The molecule has 8 nitrogen and oxygen atoms in total. The number of carbonyl (C=O) groups excluding carboxylic acids is 3. The maximum Gasteiger partial charge on any atom is 0.337 e. The first-order valence-corrected chi connectivity index (χ1v) is 10.4. The number of ether oxygens (including phenoxy) is 1. The number of likely N-dealkylation sites (N-methyl/N-ethyl adjacent to an activating group) is 2. The summed E-state index contributed by atoms with van der Waals surface area (Å²) in [6.07, 6.45) is 0.583. The molecule has 3 rings (SSSR count). The maximum atomic E-state index is 12.7. The van der Waals surface area contributed by atoms with Crippen molar-refractivity contribution in [2.45, 2.75) is 19.3 Å². The van der Waals surface area contributed by atoms with Crippen molar-refractivity contribution in [3.8, 4) is 0 Å². The molecule has 0 radical (unpaired) electrons. The van der Waals surface area contributed by atoms with Crippen molar-refractivity contribution < 1.29 is 19.1 Å². The van der Waals surface area contributed by atoms with E-state index in [1.165, 1.54) is 7.11 Å². The van der Waals surface area contributed by atoms with Gasteiger partial charge in [0, 0.05) is 24.1 Å². The third kappa shape index (κ3) is 4.86. The van der Waals surface area contributed by atoms with Gasteiger partial charge in [-0.25, -0.2) is 4.79 Å². The molecule has 0 aliphatic carbocycles. The van der Waals surface area contributed by atoms with Crippen LogP contribution in [0.25, 0.3) is 0 Å². The summed E-state index contributed by atoms with van der Waals surface area (Å²) in [5.41, 5.74) is 3.96. The Hall–Kier alpha value is -3.52. The molecule has 0 saturated carbocycles. The average Bonchev–Trinajstić information content (AvgIpc) is 3.11. The molecule has 0 saturated heterocycles. The Kier molecular flexibility index (Phi) is 7.05. The van der Waals surface area contributed by atoms with E-state index in [2.05, 4.69) is 5.32 Å². The molecular weight excluding hydrogens is 408 g/mol. The smallest absolute Gasteiger partial charge is 0.337 e. The summed E-state index contributed by atoms with van der Waals surface area (Å²) in [7, 11) is 6.76. The zero-order valence-electron chi connectivity index (χ0n) is 19.0. The second-order valence-corrected chi connectivity index (χ2v) is 7.88. The lowest BCUT2D eigenvalue weighted by Crippen LogP contribution is -2.34. The molecule has 0 spiro atoms. The maximum absolute atomic E-state index is 12.7. The van der Waals surface area contributed by atoms with Crippen LogP contribution in [0.15, 0.2) is 47.5 Å². The van der Waals surface area contributed by atoms with Gasteiger partial charge in [-0.15, -0.1) is 0 Å². The third-order valence-corrected chi connectivity index (χ3v) is 5.34. The molecule has 1 atom stereocenters. The van der Waals surface area contributed by atoms with E-state index in [0.717, 1.165) is 17.0 Å². The normalized spacial score (nSPS) is 15.4. The monoisotopic (exact) mass is 436 g/mol. The van der Waals surface area contributed by atoms with Gasteiger partial charge in [0.25, 0.3) is 0 Å². The van der Waals surface area contributed by atoms with Gasteiger partial charge >= 0.3 is 5.97 Å². The quantitative estimate of drug-likeness (QED) is 0.532. The van der Waals surface area contributed by atoms with E-state index in [9.17, 15) is 14.4 Å². The number of esters is 1. The fourth-order valence-electron chi connectivity index (χ4n) is 3.62. The lowest BCUT2D eigenvalue weighted by atomic mass is 9.93. The van der Waals surface area contributed by atoms with E-state index in [1.54, 1.807) is 30.1 Å². The van der Waals surface area contributed by atoms with Crippen LogP contribution in [-0.4, -0.2) is 63.2 Å². The summed E-state index contributed by atoms with van der Waals surface area (Å²) in [5.74, 6) is -1.16. The van der Waals surface area contributed by atoms with Gasteiger partial charge in [0.1, 0.15) is 5.92 Å². The predicted octanol–water partition coefficient (Wildman–Crippen LogP) is 3.22. The molecule has 1 aliphatic rings. The minimum Gasteiger partial charge on any atom is -0.465 e. The van der Waals surface area contributed by atoms with E-state index >= 15 is 0 Å². The van der Waals surface area contributed by atoms with Crippen LogP contribution in [-0.2, 0) is 14.3 Å². The summed E-state index contributed by atoms with van der Waals surface area (Å²) in [4.78, 5) is 44.9. The first kappa shape index (κ1) is 23.1. The number of anilines is 2. The lowest BCUT2D eigenvalue weighted by molar-refractivity contribution is -0.119. The molecule has 168 valence electrons. The molecule has 2 amide bonds. The number of aliphatic imine (C=N–C) groups is 1. The largest absolute Gasteiger partial charge is 0.465 e. The molecule has 2 aromatic carbocycles. The van der Waals surface area contributed by atoms with Gasteiger partial charge in [0.2, 0.25) is 11.8 Å². The van der Waals surface area contributed by atoms with Gasteiger partial charge in [-0.05, 0) is 62.5 Å². The molecule has 0 fully saturated rings. The van der Waals surface area contributed by atoms with Crippen molar-refractivity contribution in [1.29, 1.82) is 0 Å². The Bertz CT molecular complexity index is 1060. The van der Waals surface area contributed by atoms with Gasteiger partial charge in [0.05, 0.1) is 24.9 Å². The van der Waals surface area contributed by atoms with E-state index < -0.39 is 11.9 Å². The van der Waals surface area contributed by atoms with E-state index in [0.29, 0.717) is 29.9 Å². The van der Waals surface area contributed by atoms with Crippen LogP contribution in [0.5, 0.6) is 0 Å². The average molecular weight is 437 g/mol. The van der Waals surface area contributed by atoms with Gasteiger partial charge in [-0.2, -0.15) is 0 Å².